The van der Waals surface area contributed by atoms with Gasteiger partial charge in [0.05, 0.1) is 47.7 Å². The van der Waals surface area contributed by atoms with Crippen LogP contribution in [-0.2, 0) is 10.9 Å². The highest BCUT2D eigenvalue weighted by molar-refractivity contribution is 6.05. The number of hydrogen-bond acceptors (Lipinski definition) is 9. The van der Waals surface area contributed by atoms with Crippen molar-refractivity contribution in [2.75, 3.05) is 79.7 Å². The minimum absolute atomic E-state index is 0.132. The molecule has 1 amide bonds. The van der Waals surface area contributed by atoms with Crippen LogP contribution < -0.4 is 31.7 Å². The van der Waals surface area contributed by atoms with Crippen molar-refractivity contribution in [3.05, 3.63) is 83.1 Å². The molecule has 2 aromatic carbocycles. The predicted octanol–water partition coefficient (Wildman–Crippen LogP) is 5.05. The number of carbonyl (C=O) groups excluding carboxylic acids is 1. The number of benzene rings is 2. The molecule has 254 valence electrons. The molecule has 2 saturated heterocycles. The summed E-state index contributed by atoms with van der Waals surface area (Å²) >= 11 is 0. The molecule has 2 aliphatic heterocycles. The number of nitrogens with zero attached hydrogens (tertiary/aromatic N) is 5. The number of rotatable bonds is 7. The van der Waals surface area contributed by atoms with Gasteiger partial charge in [-0.3, -0.25) is 14.8 Å². The minimum atomic E-state index is -4.95. The first-order chi connectivity index (χ1) is 22.4. The molecule has 2 fully saturated rings. The molecule has 10 nitrogen and oxygen atoms in total. The van der Waals surface area contributed by atoms with Crippen LogP contribution in [0.3, 0.4) is 0 Å². The van der Waals surface area contributed by atoms with Gasteiger partial charge >= 0.3 is 6.18 Å². The molecule has 14 heteroatoms. The first kappa shape index (κ1) is 35.5. The SMILES string of the molecule is CC.Cc1ccc(C(=O)Nc2cc(N3CCN(C)CC3)c(F)c(C(F)(F)F)c2)cc1N(N)/C=C(\N)c1cncc(N2CCOCC2)c1. The van der Waals surface area contributed by atoms with Crippen molar-refractivity contribution < 1.29 is 27.1 Å². The number of ether oxygens (including phenoxy) is 1. The maximum atomic E-state index is 15.1. The van der Waals surface area contributed by atoms with Crippen LogP contribution in [-0.4, -0.2) is 75.3 Å². The van der Waals surface area contributed by atoms with Crippen LogP contribution in [0.25, 0.3) is 5.70 Å². The highest BCUT2D eigenvalue weighted by atomic mass is 19.4. The summed E-state index contributed by atoms with van der Waals surface area (Å²) in [4.78, 5) is 23.3. The van der Waals surface area contributed by atoms with Crippen molar-refractivity contribution in [3.63, 3.8) is 0 Å². The number of piperazine rings is 1. The van der Waals surface area contributed by atoms with Crippen molar-refractivity contribution in [1.82, 2.24) is 9.88 Å². The lowest BCUT2D eigenvalue weighted by molar-refractivity contribution is -0.139. The highest BCUT2D eigenvalue weighted by Gasteiger charge is 2.37. The number of hydrazine groups is 1. The molecule has 47 heavy (non-hydrogen) atoms. The molecular weight excluding hydrogens is 616 g/mol. The van der Waals surface area contributed by atoms with E-state index in [9.17, 15) is 18.0 Å². The van der Waals surface area contributed by atoms with E-state index in [4.69, 9.17) is 16.3 Å². The molecule has 5 N–H and O–H groups in total. The number of morpholine rings is 1. The molecule has 3 heterocycles. The fourth-order valence-electron chi connectivity index (χ4n) is 5.27. The topological polar surface area (TPSA) is 116 Å². The Hall–Kier alpha value is -4.40. The third kappa shape index (κ3) is 8.70. The first-order valence-corrected chi connectivity index (χ1v) is 15.5. The average Bonchev–Trinajstić information content (AvgIpc) is 3.07. The Morgan fingerprint density at radius 3 is 2.32 bits per heavy atom. The molecule has 0 radical (unpaired) electrons. The Kier molecular flexibility index (Phi) is 11.7. The highest BCUT2D eigenvalue weighted by Crippen LogP contribution is 2.38. The van der Waals surface area contributed by atoms with E-state index >= 15 is 4.39 Å². The molecule has 0 atom stereocenters. The molecule has 0 aliphatic carbocycles. The normalized spacial score (nSPS) is 16.0. The maximum Gasteiger partial charge on any atom is 0.419 e. The molecule has 0 bridgehead atoms. The van der Waals surface area contributed by atoms with Gasteiger partial charge in [0.25, 0.3) is 5.91 Å². The van der Waals surface area contributed by atoms with E-state index in [2.05, 4.69) is 15.2 Å². The monoisotopic (exact) mass is 658 g/mol. The summed E-state index contributed by atoms with van der Waals surface area (Å²) in [6.07, 6.45) is -0.0785. The summed E-state index contributed by atoms with van der Waals surface area (Å²) in [5.41, 5.74) is 7.71. The molecule has 0 saturated carbocycles. The van der Waals surface area contributed by atoms with E-state index in [1.54, 1.807) is 30.3 Å². The van der Waals surface area contributed by atoms with Crippen molar-refractivity contribution in [3.8, 4) is 0 Å². The van der Waals surface area contributed by atoms with Crippen LogP contribution in [0.15, 0.2) is 55.0 Å². The zero-order valence-electron chi connectivity index (χ0n) is 27.1. The smallest absolute Gasteiger partial charge is 0.397 e. The van der Waals surface area contributed by atoms with Gasteiger partial charge in [0.2, 0.25) is 0 Å². The summed E-state index contributed by atoms with van der Waals surface area (Å²) in [5, 5.41) is 3.78. The van der Waals surface area contributed by atoms with E-state index in [0.29, 0.717) is 62.4 Å². The Bertz CT molecular complexity index is 1570. The van der Waals surface area contributed by atoms with Crippen LogP contribution in [0.5, 0.6) is 0 Å². The van der Waals surface area contributed by atoms with Crippen molar-refractivity contribution in [2.45, 2.75) is 26.9 Å². The van der Waals surface area contributed by atoms with Gasteiger partial charge in [0.15, 0.2) is 5.82 Å². The van der Waals surface area contributed by atoms with E-state index in [1.807, 2.05) is 31.9 Å². The zero-order chi connectivity index (χ0) is 34.3. The van der Waals surface area contributed by atoms with E-state index in [0.717, 1.165) is 24.3 Å². The molecule has 1 aromatic heterocycles. The Labute approximate surface area is 272 Å². The fourth-order valence-corrected chi connectivity index (χ4v) is 5.27. The molecule has 0 spiro atoms. The van der Waals surface area contributed by atoms with Gasteiger partial charge in [-0.25, -0.2) is 10.2 Å². The molecular formula is C33H42F4N8O2. The standard InChI is InChI=1S/C31H36F4N8O2.C2H6/c1-20-3-4-21(14-27(20)43(37)19-26(36)22-13-24(18-38-17-22)41-9-11-45-12-10-41)30(44)39-23-15-25(31(33,34)35)29(32)28(16-23)42-7-5-40(2)6-8-42;1-2/h3-4,13-19H,5-12,36-37H2,1-2H3,(H,39,44);1-2H3/b26-19-;. The summed E-state index contributed by atoms with van der Waals surface area (Å²) in [6.45, 7) is 10.3. The lowest BCUT2D eigenvalue weighted by atomic mass is 10.1. The van der Waals surface area contributed by atoms with Crippen LogP contribution in [0.1, 0.15) is 40.9 Å². The Morgan fingerprint density at radius 1 is 0.979 bits per heavy atom. The summed E-state index contributed by atoms with van der Waals surface area (Å²) < 4.78 is 61.9. The second kappa shape index (κ2) is 15.5. The second-order valence-corrected chi connectivity index (χ2v) is 11.1. The number of amides is 1. The van der Waals surface area contributed by atoms with Gasteiger partial charge in [0, 0.05) is 68.5 Å². The lowest BCUT2D eigenvalue weighted by Crippen LogP contribution is -2.45. The van der Waals surface area contributed by atoms with E-state index in [-0.39, 0.29) is 16.9 Å². The Morgan fingerprint density at radius 2 is 1.66 bits per heavy atom. The first-order valence-electron chi connectivity index (χ1n) is 15.5. The number of anilines is 4. The fraction of sp³-hybridized carbons (Fsp3) is 0.394. The van der Waals surface area contributed by atoms with Gasteiger partial charge in [-0.2, -0.15) is 13.2 Å². The largest absolute Gasteiger partial charge is 0.419 e. The number of alkyl halides is 3. The van der Waals surface area contributed by atoms with Gasteiger partial charge in [-0.05, 0) is 49.9 Å². The van der Waals surface area contributed by atoms with Crippen molar-refractivity contribution >= 4 is 34.4 Å². The summed E-state index contributed by atoms with van der Waals surface area (Å²) in [5.74, 6) is 4.30. The number of pyridine rings is 1. The number of hydrogen-bond donors (Lipinski definition) is 3. The van der Waals surface area contributed by atoms with E-state index in [1.165, 1.54) is 29.4 Å². The number of halogens is 4. The van der Waals surface area contributed by atoms with Crippen LogP contribution in [0.4, 0.5) is 40.3 Å². The van der Waals surface area contributed by atoms with Crippen molar-refractivity contribution in [1.29, 1.82) is 0 Å². The third-order valence-corrected chi connectivity index (χ3v) is 7.92. The van der Waals surface area contributed by atoms with Gasteiger partial charge in [-0.1, -0.05) is 19.9 Å². The average molecular weight is 659 g/mol. The van der Waals surface area contributed by atoms with Crippen LogP contribution in [0.2, 0.25) is 0 Å². The molecule has 3 aromatic rings. The lowest BCUT2D eigenvalue weighted by Gasteiger charge is -2.34. The Balaban J connectivity index is 0.00000245. The number of likely N-dealkylation sites (N-methyl/N-ethyl adjacent to an activating group) is 1. The third-order valence-electron chi connectivity index (χ3n) is 7.92. The minimum Gasteiger partial charge on any atom is -0.397 e. The summed E-state index contributed by atoms with van der Waals surface area (Å²) in [6, 6.07) is 8.45. The molecule has 0 unspecified atom stereocenters. The van der Waals surface area contributed by atoms with Crippen molar-refractivity contribution in [2.24, 2.45) is 11.6 Å². The predicted molar refractivity (Wildman–Crippen MR) is 178 cm³/mol. The maximum absolute atomic E-state index is 15.1. The second-order valence-electron chi connectivity index (χ2n) is 11.1. The van der Waals surface area contributed by atoms with Gasteiger partial charge in [0.1, 0.15) is 0 Å². The van der Waals surface area contributed by atoms with E-state index < -0.39 is 23.5 Å². The summed E-state index contributed by atoms with van der Waals surface area (Å²) in [7, 11) is 1.88. The van der Waals surface area contributed by atoms with Gasteiger partial charge < -0.3 is 30.5 Å². The van der Waals surface area contributed by atoms with Crippen LogP contribution >= 0.6 is 0 Å². The van der Waals surface area contributed by atoms with Gasteiger partial charge in [-0.15, -0.1) is 0 Å². The number of nitrogens with two attached hydrogens (primary N) is 2. The number of aryl methyl sites for hydroxylation is 1. The van der Waals surface area contributed by atoms with Crippen LogP contribution in [0, 0.1) is 12.7 Å². The zero-order valence-corrected chi connectivity index (χ0v) is 27.1. The molecule has 5 rings (SSSR count). The quantitative estimate of drug-likeness (QED) is 0.182. The number of nitrogens with one attached hydrogen (secondary N) is 1. The molecule has 2 aliphatic rings. The number of carbonyl (C=O) groups is 1. The number of aromatic nitrogens is 1.